The third-order valence-corrected chi connectivity index (χ3v) is 4.25. The van der Waals surface area contributed by atoms with Crippen LogP contribution in [0.3, 0.4) is 0 Å². The Bertz CT molecular complexity index is 225. The van der Waals surface area contributed by atoms with Crippen LogP contribution in [0, 0.1) is 0 Å². The molecule has 1 heterocycles. The fourth-order valence-corrected chi connectivity index (χ4v) is 2.68. The second-order valence-corrected chi connectivity index (χ2v) is 6.32. The molecule has 3 nitrogen and oxygen atoms in total. The highest BCUT2D eigenvalue weighted by Crippen LogP contribution is 2.21. The molecular formula is C16H33NO2. The lowest BCUT2D eigenvalue weighted by Gasteiger charge is -2.28. The molecule has 0 amide bonds. The second kappa shape index (κ2) is 8.93. The van der Waals surface area contributed by atoms with E-state index in [1.54, 1.807) is 7.11 Å². The predicted molar refractivity (Wildman–Crippen MR) is 80.6 cm³/mol. The van der Waals surface area contributed by atoms with Crippen LogP contribution in [0.15, 0.2) is 0 Å². The summed E-state index contributed by atoms with van der Waals surface area (Å²) in [6.45, 7) is 8.53. The van der Waals surface area contributed by atoms with Crippen molar-refractivity contribution in [1.82, 2.24) is 5.32 Å². The number of rotatable bonds is 9. The molecule has 114 valence electrons. The van der Waals surface area contributed by atoms with Crippen molar-refractivity contribution >= 4 is 0 Å². The first-order valence-electron chi connectivity index (χ1n) is 7.97. The van der Waals surface area contributed by atoms with E-state index in [9.17, 15) is 0 Å². The van der Waals surface area contributed by atoms with Crippen LogP contribution in [-0.2, 0) is 9.47 Å². The summed E-state index contributed by atoms with van der Waals surface area (Å²) in [5.41, 5.74) is -0.00495. The normalized spacial score (nSPS) is 22.4. The van der Waals surface area contributed by atoms with Crippen LogP contribution in [-0.4, -0.2) is 38.0 Å². The van der Waals surface area contributed by atoms with E-state index < -0.39 is 0 Å². The van der Waals surface area contributed by atoms with Gasteiger partial charge in [-0.2, -0.15) is 0 Å². The Labute approximate surface area is 119 Å². The summed E-state index contributed by atoms with van der Waals surface area (Å²) in [6.07, 6.45) is 9.05. The van der Waals surface area contributed by atoms with Crippen LogP contribution in [0.5, 0.6) is 0 Å². The molecule has 0 spiro atoms. The van der Waals surface area contributed by atoms with Crippen LogP contribution < -0.4 is 5.32 Å². The molecule has 1 aliphatic heterocycles. The number of nitrogens with one attached hydrogen (secondary N) is 1. The van der Waals surface area contributed by atoms with Gasteiger partial charge in [0, 0.05) is 19.8 Å². The van der Waals surface area contributed by atoms with Crippen LogP contribution in [0.1, 0.15) is 65.7 Å². The smallest absolute Gasteiger partial charge is 0.0623 e. The summed E-state index contributed by atoms with van der Waals surface area (Å²) < 4.78 is 11.3. The maximum Gasteiger partial charge on any atom is 0.0623 e. The molecule has 0 aliphatic carbocycles. The molecule has 1 saturated heterocycles. The standard InChI is InChI=1S/C16H33NO2/c1-5-17-14(11-12-16(2,3)18-4)9-10-15-8-6-7-13-19-15/h14-15,17H,5-13H2,1-4H3. The van der Waals surface area contributed by atoms with Gasteiger partial charge in [-0.15, -0.1) is 0 Å². The van der Waals surface area contributed by atoms with Crippen molar-refractivity contribution in [3.05, 3.63) is 0 Å². The van der Waals surface area contributed by atoms with Crippen LogP contribution in [0.4, 0.5) is 0 Å². The molecule has 2 atom stereocenters. The van der Waals surface area contributed by atoms with E-state index in [0.29, 0.717) is 12.1 Å². The van der Waals surface area contributed by atoms with Crippen LogP contribution in [0.2, 0.25) is 0 Å². The van der Waals surface area contributed by atoms with Gasteiger partial charge in [-0.05, 0) is 65.3 Å². The van der Waals surface area contributed by atoms with Crippen molar-refractivity contribution < 1.29 is 9.47 Å². The first-order chi connectivity index (χ1) is 9.07. The predicted octanol–water partition coefficient (Wildman–Crippen LogP) is 3.52. The Morgan fingerprint density at radius 3 is 2.68 bits per heavy atom. The largest absolute Gasteiger partial charge is 0.379 e. The Balaban J connectivity index is 2.26. The molecule has 0 aromatic heterocycles. The fourth-order valence-electron chi connectivity index (χ4n) is 2.68. The van der Waals surface area contributed by atoms with Gasteiger partial charge in [0.25, 0.3) is 0 Å². The lowest BCUT2D eigenvalue weighted by Crippen LogP contribution is -2.33. The highest BCUT2D eigenvalue weighted by molar-refractivity contribution is 4.76. The average molecular weight is 271 g/mol. The molecule has 1 aliphatic rings. The zero-order chi connectivity index (χ0) is 14.1. The van der Waals surface area contributed by atoms with Crippen molar-refractivity contribution in [2.24, 2.45) is 0 Å². The zero-order valence-corrected chi connectivity index (χ0v) is 13.3. The molecule has 3 heteroatoms. The topological polar surface area (TPSA) is 30.5 Å². The van der Waals surface area contributed by atoms with Gasteiger partial charge in [-0.25, -0.2) is 0 Å². The number of methoxy groups -OCH3 is 1. The average Bonchev–Trinajstić information content (AvgIpc) is 2.43. The van der Waals surface area contributed by atoms with Crippen LogP contribution in [0.25, 0.3) is 0 Å². The second-order valence-electron chi connectivity index (χ2n) is 6.32. The van der Waals surface area contributed by atoms with E-state index in [1.165, 1.54) is 38.5 Å². The van der Waals surface area contributed by atoms with E-state index in [0.717, 1.165) is 19.6 Å². The van der Waals surface area contributed by atoms with Gasteiger partial charge in [0.05, 0.1) is 11.7 Å². The third-order valence-electron chi connectivity index (χ3n) is 4.25. The monoisotopic (exact) mass is 271 g/mol. The highest BCUT2D eigenvalue weighted by atomic mass is 16.5. The molecule has 1 fully saturated rings. The highest BCUT2D eigenvalue weighted by Gasteiger charge is 2.20. The van der Waals surface area contributed by atoms with Crippen molar-refractivity contribution in [1.29, 1.82) is 0 Å². The van der Waals surface area contributed by atoms with E-state index in [1.807, 2.05) is 0 Å². The van der Waals surface area contributed by atoms with Gasteiger partial charge in [0.1, 0.15) is 0 Å². The van der Waals surface area contributed by atoms with Gasteiger partial charge in [0.2, 0.25) is 0 Å². The maximum absolute atomic E-state index is 5.82. The molecule has 0 bridgehead atoms. The van der Waals surface area contributed by atoms with Crippen molar-refractivity contribution in [3.63, 3.8) is 0 Å². The summed E-state index contributed by atoms with van der Waals surface area (Å²) >= 11 is 0. The molecule has 1 rings (SSSR count). The lowest BCUT2D eigenvalue weighted by molar-refractivity contribution is 0.00352. The number of hydrogen-bond acceptors (Lipinski definition) is 3. The first kappa shape index (κ1) is 16.9. The molecule has 0 saturated carbocycles. The molecular weight excluding hydrogens is 238 g/mol. The number of hydrogen-bond donors (Lipinski definition) is 1. The maximum atomic E-state index is 5.82. The summed E-state index contributed by atoms with van der Waals surface area (Å²) in [5.74, 6) is 0. The zero-order valence-electron chi connectivity index (χ0n) is 13.3. The van der Waals surface area contributed by atoms with Gasteiger partial charge in [0.15, 0.2) is 0 Å². The van der Waals surface area contributed by atoms with E-state index >= 15 is 0 Å². The molecule has 0 radical (unpaired) electrons. The minimum atomic E-state index is -0.00495. The minimum Gasteiger partial charge on any atom is -0.379 e. The summed E-state index contributed by atoms with van der Waals surface area (Å²) in [5, 5.41) is 3.61. The molecule has 2 unspecified atom stereocenters. The fraction of sp³-hybridized carbons (Fsp3) is 1.00. The summed E-state index contributed by atoms with van der Waals surface area (Å²) in [7, 11) is 1.80. The first-order valence-corrected chi connectivity index (χ1v) is 7.97. The van der Waals surface area contributed by atoms with Crippen molar-refractivity contribution in [3.8, 4) is 0 Å². The lowest BCUT2D eigenvalue weighted by atomic mass is 9.94. The molecule has 0 aromatic carbocycles. The molecule has 0 aromatic rings. The molecule has 1 N–H and O–H groups in total. The van der Waals surface area contributed by atoms with Crippen LogP contribution >= 0.6 is 0 Å². The third kappa shape index (κ3) is 7.28. The Morgan fingerprint density at radius 1 is 1.32 bits per heavy atom. The van der Waals surface area contributed by atoms with Gasteiger partial charge < -0.3 is 14.8 Å². The Hall–Kier alpha value is -0.120. The Kier molecular flexibility index (Phi) is 7.96. The minimum absolute atomic E-state index is 0.00495. The van der Waals surface area contributed by atoms with E-state index in [-0.39, 0.29) is 5.60 Å². The SMILES string of the molecule is CCNC(CCC1CCCCO1)CCC(C)(C)OC. The van der Waals surface area contributed by atoms with E-state index in [2.05, 4.69) is 26.1 Å². The number of ether oxygens (including phenoxy) is 2. The summed E-state index contributed by atoms with van der Waals surface area (Å²) in [4.78, 5) is 0. The Morgan fingerprint density at radius 2 is 2.11 bits per heavy atom. The van der Waals surface area contributed by atoms with Crippen molar-refractivity contribution in [2.45, 2.75) is 83.5 Å². The van der Waals surface area contributed by atoms with Crippen molar-refractivity contribution in [2.75, 3.05) is 20.3 Å². The quantitative estimate of drug-likeness (QED) is 0.696. The van der Waals surface area contributed by atoms with Gasteiger partial charge in [-0.3, -0.25) is 0 Å². The molecule has 19 heavy (non-hydrogen) atoms. The summed E-state index contributed by atoms with van der Waals surface area (Å²) in [6, 6.07) is 0.602. The van der Waals surface area contributed by atoms with Gasteiger partial charge in [-0.1, -0.05) is 6.92 Å². The van der Waals surface area contributed by atoms with Gasteiger partial charge >= 0.3 is 0 Å². The van der Waals surface area contributed by atoms with E-state index in [4.69, 9.17) is 9.47 Å².